The number of hydrogen-bond donors (Lipinski definition) is 1. The van der Waals surface area contributed by atoms with Gasteiger partial charge in [0, 0.05) is 20.1 Å². The van der Waals surface area contributed by atoms with E-state index in [1.54, 1.807) is 43.8 Å². The molecule has 0 saturated heterocycles. The van der Waals surface area contributed by atoms with Gasteiger partial charge >= 0.3 is 11.7 Å². The van der Waals surface area contributed by atoms with Crippen LogP contribution >= 0.6 is 23.2 Å². The summed E-state index contributed by atoms with van der Waals surface area (Å²) in [5, 5.41) is 4.08. The summed E-state index contributed by atoms with van der Waals surface area (Å²) in [6.45, 7) is 2.21. The van der Waals surface area contributed by atoms with Crippen molar-refractivity contribution in [2.75, 3.05) is 11.9 Å². The zero-order chi connectivity index (χ0) is 23.9. The fourth-order valence-electron chi connectivity index (χ4n) is 4.30. The molecule has 0 aliphatic heterocycles. The van der Waals surface area contributed by atoms with E-state index in [-0.39, 0.29) is 24.5 Å². The number of halogens is 2. The van der Waals surface area contributed by atoms with Crippen LogP contribution in [0.25, 0.3) is 11.2 Å². The Labute approximate surface area is 199 Å². The first kappa shape index (κ1) is 23.4. The second-order valence-corrected chi connectivity index (χ2v) is 9.07. The zero-order valence-electron chi connectivity index (χ0n) is 18.6. The number of carbonyl (C=O) groups is 1. The molecule has 0 bridgehead atoms. The number of ether oxygens (including phenoxy) is 1. The van der Waals surface area contributed by atoms with Crippen LogP contribution in [0, 0.1) is 5.92 Å². The first-order chi connectivity index (χ1) is 15.7. The Morgan fingerprint density at radius 1 is 1.18 bits per heavy atom. The van der Waals surface area contributed by atoms with Gasteiger partial charge in [0.1, 0.15) is 0 Å². The number of imidazole rings is 1. The molecule has 2 heterocycles. The number of fused-ring (bicyclic) bond motifs is 1. The van der Waals surface area contributed by atoms with Gasteiger partial charge in [-0.1, -0.05) is 29.3 Å². The molecule has 2 unspecified atom stereocenters. The lowest BCUT2D eigenvalue weighted by molar-refractivity contribution is -0.147. The molecule has 1 fully saturated rings. The number of aryl methyl sites for hydroxylation is 2. The summed E-state index contributed by atoms with van der Waals surface area (Å²) in [4.78, 5) is 42.8. The topological polar surface area (TPSA) is 100 Å². The number of rotatable bonds is 6. The Morgan fingerprint density at radius 2 is 1.94 bits per heavy atom. The zero-order valence-corrected chi connectivity index (χ0v) is 20.1. The molecule has 1 aromatic carbocycles. The van der Waals surface area contributed by atoms with Crippen molar-refractivity contribution in [3.8, 4) is 0 Å². The summed E-state index contributed by atoms with van der Waals surface area (Å²) in [6, 6.07) is 5.01. The van der Waals surface area contributed by atoms with Crippen LogP contribution in [0.4, 0.5) is 5.95 Å². The molecule has 0 spiro atoms. The van der Waals surface area contributed by atoms with Crippen LogP contribution in [0.3, 0.4) is 0 Å². The number of hydrogen-bond acceptors (Lipinski definition) is 6. The Hall–Kier alpha value is -2.78. The maximum absolute atomic E-state index is 13.3. The summed E-state index contributed by atoms with van der Waals surface area (Å²) in [6.07, 6.45) is 2.14. The minimum atomic E-state index is -0.480. The van der Waals surface area contributed by atoms with E-state index in [4.69, 9.17) is 27.9 Å². The number of nitrogens with one attached hydrogen (secondary N) is 1. The van der Waals surface area contributed by atoms with E-state index >= 15 is 0 Å². The molecule has 3 aromatic rings. The number of carbonyl (C=O) groups excluding carboxylic acids is 1. The monoisotopic (exact) mass is 493 g/mol. The molecule has 33 heavy (non-hydrogen) atoms. The van der Waals surface area contributed by atoms with E-state index in [1.165, 1.54) is 4.57 Å². The number of anilines is 1. The molecule has 1 saturated carbocycles. The quantitative estimate of drug-likeness (QED) is 0.529. The molecule has 1 aliphatic rings. The maximum atomic E-state index is 13.3. The normalized spacial score (nSPS) is 18.1. The first-order valence-corrected chi connectivity index (χ1v) is 11.5. The highest BCUT2D eigenvalue weighted by Gasteiger charge is 2.32. The summed E-state index contributed by atoms with van der Waals surface area (Å²) in [5.74, 6) is 0.142. The number of benzene rings is 1. The van der Waals surface area contributed by atoms with E-state index in [0.29, 0.717) is 45.7 Å². The minimum absolute atomic E-state index is 0.0189. The molecule has 4 rings (SSSR count). The second-order valence-electron chi connectivity index (χ2n) is 8.25. The molecular weight excluding hydrogens is 469 g/mol. The highest BCUT2D eigenvalue weighted by molar-refractivity contribution is 6.42. The molecule has 0 amide bonds. The molecule has 11 heteroatoms. The minimum Gasteiger partial charge on any atom is -0.466 e. The molecule has 2 aromatic heterocycles. The molecular formula is C22H25Cl2N5O4. The van der Waals surface area contributed by atoms with Gasteiger partial charge in [-0.05, 0) is 43.9 Å². The van der Waals surface area contributed by atoms with Crippen LogP contribution in [0.2, 0.25) is 10.0 Å². The van der Waals surface area contributed by atoms with Crippen molar-refractivity contribution >= 4 is 46.3 Å². The van der Waals surface area contributed by atoms with Crippen molar-refractivity contribution in [3.05, 3.63) is 54.6 Å². The predicted molar refractivity (Wildman–Crippen MR) is 127 cm³/mol. The van der Waals surface area contributed by atoms with E-state index < -0.39 is 11.2 Å². The van der Waals surface area contributed by atoms with Crippen molar-refractivity contribution in [1.82, 2.24) is 18.7 Å². The van der Waals surface area contributed by atoms with Gasteiger partial charge in [-0.25, -0.2) is 4.79 Å². The lowest BCUT2D eigenvalue weighted by Gasteiger charge is -2.13. The summed E-state index contributed by atoms with van der Waals surface area (Å²) < 4.78 is 9.29. The SMILES string of the molecule is CCOC(=O)C1CCC(Nc2nc3c(c(=O)n(Cc4ccc(Cl)c(Cl)c4)c(=O)n3C)n2C)C1. The van der Waals surface area contributed by atoms with Crippen molar-refractivity contribution in [2.24, 2.45) is 20.0 Å². The predicted octanol–water partition coefficient (Wildman–Crippen LogP) is 2.93. The van der Waals surface area contributed by atoms with Gasteiger partial charge in [0.2, 0.25) is 5.95 Å². The lowest BCUT2D eigenvalue weighted by atomic mass is 10.1. The average molecular weight is 494 g/mol. The van der Waals surface area contributed by atoms with Gasteiger partial charge in [0.05, 0.1) is 29.1 Å². The highest BCUT2D eigenvalue weighted by atomic mass is 35.5. The Kier molecular flexibility index (Phi) is 6.54. The largest absolute Gasteiger partial charge is 0.466 e. The van der Waals surface area contributed by atoms with Crippen molar-refractivity contribution < 1.29 is 9.53 Å². The van der Waals surface area contributed by atoms with Crippen molar-refractivity contribution in [3.63, 3.8) is 0 Å². The third-order valence-electron chi connectivity index (χ3n) is 6.07. The van der Waals surface area contributed by atoms with Crippen LogP contribution in [0.15, 0.2) is 27.8 Å². The van der Waals surface area contributed by atoms with Gasteiger partial charge in [-0.2, -0.15) is 4.98 Å². The smallest absolute Gasteiger partial charge is 0.332 e. The molecule has 1 aliphatic carbocycles. The Bertz CT molecular complexity index is 1340. The summed E-state index contributed by atoms with van der Waals surface area (Å²) in [7, 11) is 3.31. The van der Waals surface area contributed by atoms with E-state index in [9.17, 15) is 14.4 Å². The fourth-order valence-corrected chi connectivity index (χ4v) is 4.62. The number of nitrogens with zero attached hydrogens (tertiary/aromatic N) is 4. The van der Waals surface area contributed by atoms with Gasteiger partial charge in [-0.15, -0.1) is 0 Å². The number of aromatic nitrogens is 4. The Balaban J connectivity index is 1.66. The van der Waals surface area contributed by atoms with Crippen LogP contribution in [0.1, 0.15) is 31.7 Å². The van der Waals surface area contributed by atoms with Crippen LogP contribution < -0.4 is 16.6 Å². The standard InChI is InChI=1S/C22H25Cl2N5O4/c1-4-33-20(31)13-6-7-14(10-13)25-21-26-18-17(27(21)2)19(30)29(22(32)28(18)3)11-12-5-8-15(23)16(24)9-12/h5,8-9,13-14H,4,6-7,10-11H2,1-3H3,(H,25,26). The third-order valence-corrected chi connectivity index (χ3v) is 6.81. The van der Waals surface area contributed by atoms with Crippen LogP contribution in [0.5, 0.6) is 0 Å². The Morgan fingerprint density at radius 3 is 2.64 bits per heavy atom. The van der Waals surface area contributed by atoms with E-state index in [2.05, 4.69) is 10.3 Å². The van der Waals surface area contributed by atoms with Crippen molar-refractivity contribution in [1.29, 1.82) is 0 Å². The third kappa shape index (κ3) is 4.39. The molecule has 0 radical (unpaired) electrons. The first-order valence-electron chi connectivity index (χ1n) is 10.7. The summed E-state index contributed by atoms with van der Waals surface area (Å²) >= 11 is 12.1. The van der Waals surface area contributed by atoms with Gasteiger partial charge < -0.3 is 14.6 Å². The lowest BCUT2D eigenvalue weighted by Crippen LogP contribution is -2.39. The highest BCUT2D eigenvalue weighted by Crippen LogP contribution is 2.29. The van der Waals surface area contributed by atoms with E-state index in [0.717, 1.165) is 17.4 Å². The van der Waals surface area contributed by atoms with Crippen molar-refractivity contribution in [2.45, 2.75) is 38.8 Å². The van der Waals surface area contributed by atoms with Crippen LogP contribution in [-0.4, -0.2) is 37.3 Å². The second kappa shape index (κ2) is 9.23. The molecule has 2 atom stereocenters. The fraction of sp³-hybridized carbons (Fsp3) is 0.455. The van der Waals surface area contributed by atoms with Crippen LogP contribution in [-0.2, 0) is 30.2 Å². The molecule has 9 nitrogen and oxygen atoms in total. The average Bonchev–Trinajstić information content (AvgIpc) is 3.38. The molecule has 176 valence electrons. The number of esters is 1. The van der Waals surface area contributed by atoms with E-state index in [1.807, 2.05) is 0 Å². The van der Waals surface area contributed by atoms with Gasteiger partial charge in [-0.3, -0.25) is 18.7 Å². The summed E-state index contributed by atoms with van der Waals surface area (Å²) in [5.41, 5.74) is 0.351. The molecule has 1 N–H and O–H groups in total. The van der Waals surface area contributed by atoms with Gasteiger partial charge in [0.15, 0.2) is 11.2 Å². The van der Waals surface area contributed by atoms with Gasteiger partial charge in [0.25, 0.3) is 5.56 Å². The maximum Gasteiger partial charge on any atom is 0.332 e.